The van der Waals surface area contributed by atoms with E-state index in [1.807, 2.05) is 42.8 Å². The van der Waals surface area contributed by atoms with E-state index < -0.39 is 0 Å². The van der Waals surface area contributed by atoms with Crippen LogP contribution in [0.3, 0.4) is 0 Å². The van der Waals surface area contributed by atoms with Crippen LogP contribution in [0.15, 0.2) is 35.8 Å². The number of nitrogens with zero attached hydrogens (tertiary/aromatic N) is 1. The number of hydrogen-bond donors (Lipinski definition) is 1. The number of aromatic nitrogens is 1. The Hall–Kier alpha value is -1.88. The summed E-state index contributed by atoms with van der Waals surface area (Å²) in [6, 6.07) is 9.51. The molecule has 2 rings (SSSR count). The highest BCUT2D eigenvalue weighted by Crippen LogP contribution is 2.12. The maximum atomic E-state index is 11.6. The summed E-state index contributed by atoms with van der Waals surface area (Å²) in [6.45, 7) is 3.03. The zero-order valence-electron chi connectivity index (χ0n) is 11.5. The molecule has 0 spiro atoms. The van der Waals surface area contributed by atoms with Crippen molar-refractivity contribution in [3.8, 4) is 5.75 Å². The molecular weight excluding hydrogens is 272 g/mol. The third kappa shape index (κ3) is 4.66. The summed E-state index contributed by atoms with van der Waals surface area (Å²) in [7, 11) is 0. The summed E-state index contributed by atoms with van der Waals surface area (Å²) in [6.07, 6.45) is 1.21. The van der Waals surface area contributed by atoms with Gasteiger partial charge in [0.2, 0.25) is 5.91 Å². The maximum absolute atomic E-state index is 11.6. The van der Waals surface area contributed by atoms with E-state index in [0.29, 0.717) is 19.6 Å². The zero-order valence-corrected chi connectivity index (χ0v) is 12.3. The van der Waals surface area contributed by atoms with Gasteiger partial charge in [-0.25, -0.2) is 4.98 Å². The lowest BCUT2D eigenvalue weighted by Crippen LogP contribution is -2.27. The molecule has 0 fully saturated rings. The quantitative estimate of drug-likeness (QED) is 0.852. The number of carbonyl (C=O) groups is 1. The van der Waals surface area contributed by atoms with Gasteiger partial charge >= 0.3 is 0 Å². The number of nitrogens with one attached hydrogen (secondary N) is 1. The number of para-hydroxylation sites is 1. The molecule has 4 nitrogen and oxygen atoms in total. The van der Waals surface area contributed by atoms with Gasteiger partial charge in [-0.3, -0.25) is 4.79 Å². The Morgan fingerprint density at radius 1 is 1.35 bits per heavy atom. The van der Waals surface area contributed by atoms with Crippen molar-refractivity contribution in [2.24, 2.45) is 0 Å². The molecule has 2 aromatic rings. The van der Waals surface area contributed by atoms with Crippen molar-refractivity contribution in [2.75, 3.05) is 13.2 Å². The Kier molecular flexibility index (Phi) is 5.55. The van der Waals surface area contributed by atoms with Crippen molar-refractivity contribution in [1.82, 2.24) is 10.3 Å². The van der Waals surface area contributed by atoms with E-state index in [1.165, 1.54) is 4.88 Å². The summed E-state index contributed by atoms with van der Waals surface area (Å²) in [5.74, 6) is 0.809. The molecule has 0 atom stereocenters. The first-order valence-corrected chi connectivity index (χ1v) is 7.47. The standard InChI is InChI=1S/C15H18N2O2S/c1-12-14(20-11-17-12)7-9-16-15(18)8-10-19-13-5-3-2-4-6-13/h2-6,11H,7-10H2,1H3,(H,16,18). The molecule has 1 aromatic carbocycles. The molecular formula is C15H18N2O2S. The number of ether oxygens (including phenoxy) is 1. The second-order valence-electron chi connectivity index (χ2n) is 4.37. The molecule has 1 amide bonds. The average molecular weight is 290 g/mol. The number of benzene rings is 1. The van der Waals surface area contributed by atoms with Crippen LogP contribution >= 0.6 is 11.3 Å². The number of hydrogen-bond acceptors (Lipinski definition) is 4. The molecule has 0 bridgehead atoms. The molecule has 0 aliphatic heterocycles. The highest BCUT2D eigenvalue weighted by Gasteiger charge is 2.04. The first kappa shape index (κ1) is 14.5. The predicted molar refractivity (Wildman–Crippen MR) is 80.1 cm³/mol. The molecule has 0 aliphatic carbocycles. The molecule has 1 N–H and O–H groups in total. The van der Waals surface area contributed by atoms with Crippen LogP contribution in [0.1, 0.15) is 17.0 Å². The Morgan fingerprint density at radius 2 is 2.15 bits per heavy atom. The monoisotopic (exact) mass is 290 g/mol. The van der Waals surface area contributed by atoms with E-state index in [2.05, 4.69) is 10.3 Å². The molecule has 0 radical (unpaired) electrons. The maximum Gasteiger partial charge on any atom is 0.223 e. The summed E-state index contributed by atoms with van der Waals surface area (Å²) < 4.78 is 5.48. The molecule has 0 saturated carbocycles. The van der Waals surface area contributed by atoms with Gasteiger partial charge in [0.1, 0.15) is 5.75 Å². The first-order chi connectivity index (χ1) is 9.75. The SMILES string of the molecule is Cc1ncsc1CCNC(=O)CCOc1ccccc1. The Balaban J connectivity index is 1.60. The summed E-state index contributed by atoms with van der Waals surface area (Å²) >= 11 is 1.63. The van der Waals surface area contributed by atoms with Crippen LogP contribution in [0.2, 0.25) is 0 Å². The van der Waals surface area contributed by atoms with Crippen molar-refractivity contribution < 1.29 is 9.53 Å². The summed E-state index contributed by atoms with van der Waals surface area (Å²) in [4.78, 5) is 17.1. The molecule has 1 heterocycles. The van der Waals surface area contributed by atoms with Crippen LogP contribution in [0, 0.1) is 6.92 Å². The summed E-state index contributed by atoms with van der Waals surface area (Å²) in [5, 5.41) is 2.89. The largest absolute Gasteiger partial charge is 0.493 e. The fraction of sp³-hybridized carbons (Fsp3) is 0.333. The van der Waals surface area contributed by atoms with E-state index in [0.717, 1.165) is 17.9 Å². The van der Waals surface area contributed by atoms with Gasteiger partial charge in [-0.1, -0.05) is 18.2 Å². The number of thiazole rings is 1. The van der Waals surface area contributed by atoms with Crippen molar-refractivity contribution in [2.45, 2.75) is 19.8 Å². The van der Waals surface area contributed by atoms with Gasteiger partial charge in [0, 0.05) is 17.8 Å². The minimum absolute atomic E-state index is 0.0168. The molecule has 0 unspecified atom stereocenters. The van der Waals surface area contributed by atoms with E-state index in [-0.39, 0.29) is 5.91 Å². The van der Waals surface area contributed by atoms with E-state index in [4.69, 9.17) is 4.74 Å². The molecule has 1 aromatic heterocycles. The average Bonchev–Trinajstić information content (AvgIpc) is 2.86. The third-order valence-electron chi connectivity index (χ3n) is 2.86. The van der Waals surface area contributed by atoms with E-state index in [1.54, 1.807) is 11.3 Å². The lowest BCUT2D eigenvalue weighted by Gasteiger charge is -2.07. The zero-order chi connectivity index (χ0) is 14.2. The smallest absolute Gasteiger partial charge is 0.223 e. The number of rotatable bonds is 7. The first-order valence-electron chi connectivity index (χ1n) is 6.59. The Labute approximate surface area is 122 Å². The van der Waals surface area contributed by atoms with Crippen molar-refractivity contribution in [1.29, 1.82) is 0 Å². The minimum Gasteiger partial charge on any atom is -0.493 e. The van der Waals surface area contributed by atoms with Gasteiger partial charge in [-0.15, -0.1) is 11.3 Å². The number of aryl methyl sites for hydroxylation is 1. The predicted octanol–water partition coefficient (Wildman–Crippen LogP) is 2.58. The third-order valence-corrected chi connectivity index (χ3v) is 3.86. The molecule has 5 heteroatoms. The van der Waals surface area contributed by atoms with Crippen molar-refractivity contribution in [3.63, 3.8) is 0 Å². The second-order valence-corrected chi connectivity index (χ2v) is 5.31. The topological polar surface area (TPSA) is 51.2 Å². The van der Waals surface area contributed by atoms with Gasteiger partial charge < -0.3 is 10.1 Å². The molecule has 20 heavy (non-hydrogen) atoms. The van der Waals surface area contributed by atoms with Crippen LogP contribution in [0.5, 0.6) is 5.75 Å². The fourth-order valence-corrected chi connectivity index (χ4v) is 2.53. The van der Waals surface area contributed by atoms with Gasteiger partial charge in [0.05, 0.1) is 24.2 Å². The number of carbonyl (C=O) groups excluding carboxylic acids is 1. The van der Waals surface area contributed by atoms with Crippen LogP contribution < -0.4 is 10.1 Å². The molecule has 0 aliphatic rings. The summed E-state index contributed by atoms with van der Waals surface area (Å²) in [5.41, 5.74) is 2.89. The van der Waals surface area contributed by atoms with Gasteiger partial charge in [0.15, 0.2) is 0 Å². The minimum atomic E-state index is 0.0168. The highest BCUT2D eigenvalue weighted by atomic mass is 32.1. The van der Waals surface area contributed by atoms with Crippen molar-refractivity contribution >= 4 is 17.2 Å². The highest BCUT2D eigenvalue weighted by molar-refractivity contribution is 7.09. The number of amides is 1. The van der Waals surface area contributed by atoms with Gasteiger partial charge in [-0.05, 0) is 19.1 Å². The van der Waals surface area contributed by atoms with Gasteiger partial charge in [-0.2, -0.15) is 0 Å². The lowest BCUT2D eigenvalue weighted by atomic mass is 10.3. The lowest BCUT2D eigenvalue weighted by molar-refractivity contribution is -0.121. The second kappa shape index (κ2) is 7.65. The Bertz CT molecular complexity index is 540. The van der Waals surface area contributed by atoms with Crippen LogP contribution in [-0.2, 0) is 11.2 Å². The Morgan fingerprint density at radius 3 is 2.85 bits per heavy atom. The van der Waals surface area contributed by atoms with Gasteiger partial charge in [0.25, 0.3) is 0 Å². The van der Waals surface area contributed by atoms with Crippen LogP contribution in [-0.4, -0.2) is 24.0 Å². The molecule has 106 valence electrons. The fourth-order valence-electron chi connectivity index (χ4n) is 1.75. The molecule has 0 saturated heterocycles. The van der Waals surface area contributed by atoms with Crippen molar-refractivity contribution in [3.05, 3.63) is 46.4 Å². The van der Waals surface area contributed by atoms with Crippen LogP contribution in [0.25, 0.3) is 0 Å². The van der Waals surface area contributed by atoms with Crippen LogP contribution in [0.4, 0.5) is 0 Å². The normalized spacial score (nSPS) is 10.2. The van der Waals surface area contributed by atoms with E-state index in [9.17, 15) is 4.79 Å². The van der Waals surface area contributed by atoms with E-state index >= 15 is 0 Å².